The van der Waals surface area contributed by atoms with E-state index in [0.29, 0.717) is 0 Å². The van der Waals surface area contributed by atoms with Crippen molar-refractivity contribution in [1.29, 1.82) is 0 Å². The minimum absolute atomic E-state index is 0.896. The van der Waals surface area contributed by atoms with Gasteiger partial charge in [0.05, 0.1) is 5.69 Å². The van der Waals surface area contributed by atoms with Crippen LogP contribution in [0.15, 0.2) is 47.0 Å². The van der Waals surface area contributed by atoms with Gasteiger partial charge in [-0.05, 0) is 26.0 Å². The first-order valence-corrected chi connectivity index (χ1v) is 5.66. The molecular formula is C15H13NO. The molecule has 3 aromatic rings. The number of benzene rings is 1. The van der Waals surface area contributed by atoms with E-state index in [9.17, 15) is 0 Å². The van der Waals surface area contributed by atoms with E-state index in [2.05, 4.69) is 36.2 Å². The summed E-state index contributed by atoms with van der Waals surface area (Å²) in [5.41, 5.74) is 4.26. The smallest absolute Gasteiger partial charge is 0.137 e. The second kappa shape index (κ2) is 3.74. The molecule has 0 N–H and O–H groups in total. The van der Waals surface area contributed by atoms with Crippen LogP contribution >= 0.6 is 0 Å². The van der Waals surface area contributed by atoms with Crippen molar-refractivity contribution in [3.8, 4) is 11.3 Å². The van der Waals surface area contributed by atoms with Gasteiger partial charge in [-0.2, -0.15) is 0 Å². The average Bonchev–Trinajstić information content (AvgIpc) is 2.70. The van der Waals surface area contributed by atoms with Crippen LogP contribution in [0.1, 0.15) is 11.3 Å². The van der Waals surface area contributed by atoms with Crippen LogP contribution in [0.25, 0.3) is 22.2 Å². The molecule has 84 valence electrons. The molecule has 0 aliphatic rings. The van der Waals surface area contributed by atoms with Gasteiger partial charge in [-0.25, -0.2) is 0 Å². The third-order valence-corrected chi connectivity index (χ3v) is 2.89. The first-order chi connectivity index (χ1) is 8.24. The Balaban J connectivity index is 2.26. The van der Waals surface area contributed by atoms with Crippen molar-refractivity contribution in [2.75, 3.05) is 0 Å². The topological polar surface area (TPSA) is 26.0 Å². The molecule has 0 fully saturated rings. The molecule has 3 rings (SSSR count). The summed E-state index contributed by atoms with van der Waals surface area (Å²) in [5, 5.41) is 1.08. The summed E-state index contributed by atoms with van der Waals surface area (Å²) in [6, 6.07) is 12.3. The first kappa shape index (κ1) is 10.1. The largest absolute Gasteiger partial charge is 0.461 e. The maximum atomic E-state index is 5.61. The van der Waals surface area contributed by atoms with Gasteiger partial charge in [-0.1, -0.05) is 29.8 Å². The number of pyridine rings is 1. The van der Waals surface area contributed by atoms with E-state index in [-0.39, 0.29) is 0 Å². The van der Waals surface area contributed by atoms with Gasteiger partial charge in [0, 0.05) is 17.1 Å². The molecule has 2 aromatic heterocycles. The number of aryl methyl sites for hydroxylation is 2. The fourth-order valence-corrected chi connectivity index (χ4v) is 2.03. The number of aromatic nitrogens is 1. The lowest BCUT2D eigenvalue weighted by Gasteiger charge is -2.02. The number of hydrogen-bond acceptors (Lipinski definition) is 2. The van der Waals surface area contributed by atoms with Crippen LogP contribution < -0.4 is 0 Å². The molecule has 2 nitrogen and oxygen atoms in total. The molecule has 0 unspecified atom stereocenters. The van der Waals surface area contributed by atoms with Crippen LogP contribution in [0, 0.1) is 13.8 Å². The quantitative estimate of drug-likeness (QED) is 0.620. The van der Waals surface area contributed by atoms with Gasteiger partial charge >= 0.3 is 0 Å². The highest BCUT2D eigenvalue weighted by Gasteiger charge is 2.08. The highest BCUT2D eigenvalue weighted by molar-refractivity contribution is 5.91. The van der Waals surface area contributed by atoms with Gasteiger partial charge in [-0.15, -0.1) is 0 Å². The number of hydrogen-bond donors (Lipinski definition) is 0. The van der Waals surface area contributed by atoms with Gasteiger partial charge in [0.1, 0.15) is 11.3 Å². The van der Waals surface area contributed by atoms with Crippen LogP contribution in [0.3, 0.4) is 0 Å². The second-order valence-corrected chi connectivity index (χ2v) is 4.29. The van der Waals surface area contributed by atoms with E-state index < -0.39 is 0 Å². The van der Waals surface area contributed by atoms with Crippen LogP contribution in [-0.4, -0.2) is 4.98 Å². The minimum atomic E-state index is 0.896. The molecule has 0 radical (unpaired) electrons. The third-order valence-electron chi connectivity index (χ3n) is 2.89. The van der Waals surface area contributed by atoms with E-state index in [1.807, 2.05) is 19.1 Å². The zero-order valence-electron chi connectivity index (χ0n) is 9.90. The van der Waals surface area contributed by atoms with Gasteiger partial charge in [0.2, 0.25) is 0 Å². The Morgan fingerprint density at radius 1 is 1.00 bits per heavy atom. The Morgan fingerprint density at radius 3 is 2.53 bits per heavy atom. The van der Waals surface area contributed by atoms with E-state index >= 15 is 0 Å². The molecule has 0 amide bonds. The molecule has 0 saturated heterocycles. The summed E-state index contributed by atoms with van der Waals surface area (Å²) >= 11 is 0. The molecule has 0 saturated carbocycles. The number of nitrogens with zero attached hydrogens (tertiary/aromatic N) is 1. The minimum Gasteiger partial charge on any atom is -0.461 e. The summed E-state index contributed by atoms with van der Waals surface area (Å²) in [7, 11) is 0. The molecule has 0 bridgehead atoms. The Morgan fingerprint density at radius 2 is 1.76 bits per heavy atom. The summed E-state index contributed by atoms with van der Waals surface area (Å²) in [5.74, 6) is 0.918. The lowest BCUT2D eigenvalue weighted by molar-refractivity contribution is 0.578. The molecule has 2 heterocycles. The van der Waals surface area contributed by atoms with Crippen molar-refractivity contribution in [2.45, 2.75) is 13.8 Å². The van der Waals surface area contributed by atoms with Gasteiger partial charge in [-0.3, -0.25) is 4.98 Å². The molecule has 0 aliphatic carbocycles. The number of rotatable bonds is 1. The lowest BCUT2D eigenvalue weighted by Crippen LogP contribution is -1.83. The van der Waals surface area contributed by atoms with E-state index in [1.54, 1.807) is 6.20 Å². The number of furan rings is 1. The maximum absolute atomic E-state index is 5.61. The fraction of sp³-hybridized carbons (Fsp3) is 0.133. The standard InChI is InChI=1S/C15H13NO/c1-10-3-5-12(6-4-10)15-13-9-11(2)17-14(13)7-8-16-15/h3-9H,1-2H3. The molecule has 0 aliphatic heterocycles. The highest BCUT2D eigenvalue weighted by Crippen LogP contribution is 2.28. The van der Waals surface area contributed by atoms with Crippen molar-refractivity contribution in [3.63, 3.8) is 0 Å². The van der Waals surface area contributed by atoms with Crippen LogP contribution in [-0.2, 0) is 0 Å². The Bertz CT molecular complexity index is 665. The zero-order valence-corrected chi connectivity index (χ0v) is 9.90. The fourth-order valence-electron chi connectivity index (χ4n) is 2.03. The molecular weight excluding hydrogens is 210 g/mol. The van der Waals surface area contributed by atoms with Crippen LogP contribution in [0.2, 0.25) is 0 Å². The van der Waals surface area contributed by atoms with Crippen molar-refractivity contribution in [3.05, 3.63) is 53.9 Å². The van der Waals surface area contributed by atoms with Crippen LogP contribution in [0.4, 0.5) is 0 Å². The third kappa shape index (κ3) is 1.72. The van der Waals surface area contributed by atoms with E-state index in [1.165, 1.54) is 5.56 Å². The monoisotopic (exact) mass is 223 g/mol. The molecule has 17 heavy (non-hydrogen) atoms. The molecule has 0 spiro atoms. The summed E-state index contributed by atoms with van der Waals surface area (Å²) in [6.07, 6.45) is 1.79. The zero-order chi connectivity index (χ0) is 11.8. The van der Waals surface area contributed by atoms with Crippen molar-refractivity contribution >= 4 is 11.0 Å². The van der Waals surface area contributed by atoms with Crippen molar-refractivity contribution < 1.29 is 4.42 Å². The second-order valence-electron chi connectivity index (χ2n) is 4.29. The van der Waals surface area contributed by atoms with Crippen LogP contribution in [0.5, 0.6) is 0 Å². The van der Waals surface area contributed by atoms with Gasteiger partial charge in [0.25, 0.3) is 0 Å². The SMILES string of the molecule is Cc1ccc(-c2nccc3oc(C)cc23)cc1. The summed E-state index contributed by atoms with van der Waals surface area (Å²) < 4.78 is 5.61. The molecule has 1 aromatic carbocycles. The highest BCUT2D eigenvalue weighted by atomic mass is 16.3. The average molecular weight is 223 g/mol. The summed E-state index contributed by atoms with van der Waals surface area (Å²) in [4.78, 5) is 4.46. The predicted octanol–water partition coefficient (Wildman–Crippen LogP) is 4.11. The van der Waals surface area contributed by atoms with Crippen molar-refractivity contribution in [1.82, 2.24) is 4.98 Å². The van der Waals surface area contributed by atoms with Gasteiger partial charge < -0.3 is 4.42 Å². The first-order valence-electron chi connectivity index (χ1n) is 5.66. The summed E-state index contributed by atoms with van der Waals surface area (Å²) in [6.45, 7) is 4.04. The predicted molar refractivity (Wildman–Crippen MR) is 68.9 cm³/mol. The van der Waals surface area contributed by atoms with Gasteiger partial charge in [0.15, 0.2) is 0 Å². The van der Waals surface area contributed by atoms with Crippen molar-refractivity contribution in [2.24, 2.45) is 0 Å². The maximum Gasteiger partial charge on any atom is 0.137 e. The molecule has 0 atom stereocenters. The molecule has 2 heteroatoms. The Labute approximate surface area is 99.9 Å². The van der Waals surface area contributed by atoms with E-state index in [0.717, 1.165) is 28.0 Å². The van der Waals surface area contributed by atoms with E-state index in [4.69, 9.17) is 4.42 Å². The lowest BCUT2D eigenvalue weighted by atomic mass is 10.1. The number of fused-ring (bicyclic) bond motifs is 1. The Hall–Kier alpha value is -2.09. The normalized spacial score (nSPS) is 10.9. The Kier molecular flexibility index (Phi) is 2.22.